The molecule has 0 aliphatic rings. The van der Waals surface area contributed by atoms with Crippen molar-refractivity contribution in [1.82, 2.24) is 0 Å². The van der Waals surface area contributed by atoms with E-state index in [1.807, 2.05) is 19.1 Å². The van der Waals surface area contributed by atoms with Crippen molar-refractivity contribution in [1.29, 1.82) is 0 Å². The lowest BCUT2D eigenvalue weighted by Gasteiger charge is -2.11. The number of aryl methyl sites for hydroxylation is 2. The number of hydrogen-bond donors (Lipinski definition) is 1. The molecule has 1 N–H and O–H groups in total. The highest BCUT2D eigenvalue weighted by Crippen LogP contribution is 2.29. The van der Waals surface area contributed by atoms with Crippen LogP contribution in [0.4, 0.5) is 5.69 Å². The third-order valence-electron chi connectivity index (χ3n) is 2.97. The first-order valence-corrected chi connectivity index (χ1v) is 7.47. The van der Waals surface area contributed by atoms with E-state index in [0.717, 1.165) is 20.7 Å². The summed E-state index contributed by atoms with van der Waals surface area (Å²) < 4.78 is 1.11. The fraction of sp³-hybridized carbons (Fsp3) is 0.200. The first-order valence-electron chi connectivity index (χ1n) is 5.92. The highest BCUT2D eigenvalue weighted by atomic mass is 79.9. The molecule has 0 heterocycles. The van der Waals surface area contributed by atoms with Crippen molar-refractivity contribution in [3.8, 4) is 0 Å². The Morgan fingerprint density at radius 1 is 1.00 bits per heavy atom. The van der Waals surface area contributed by atoms with Gasteiger partial charge in [0.15, 0.2) is 0 Å². The molecule has 2 rings (SSSR count). The average molecular weight is 359 g/mol. The van der Waals surface area contributed by atoms with Gasteiger partial charge in [-0.3, -0.25) is 0 Å². The van der Waals surface area contributed by atoms with Crippen molar-refractivity contribution in [2.24, 2.45) is 0 Å². The second-order valence-corrected chi connectivity index (χ2v) is 6.19. The first kappa shape index (κ1) is 14.7. The van der Waals surface area contributed by atoms with Crippen LogP contribution in [0.2, 0.25) is 10.0 Å². The minimum absolute atomic E-state index is 0.688. The van der Waals surface area contributed by atoms with Crippen LogP contribution in [0.25, 0.3) is 0 Å². The van der Waals surface area contributed by atoms with Gasteiger partial charge in [-0.1, -0.05) is 51.3 Å². The Morgan fingerprint density at radius 2 is 1.74 bits per heavy atom. The van der Waals surface area contributed by atoms with Gasteiger partial charge < -0.3 is 5.32 Å². The van der Waals surface area contributed by atoms with Gasteiger partial charge in [-0.05, 0) is 48.7 Å². The van der Waals surface area contributed by atoms with Gasteiger partial charge >= 0.3 is 0 Å². The van der Waals surface area contributed by atoms with E-state index in [1.54, 1.807) is 0 Å². The van der Waals surface area contributed by atoms with Crippen molar-refractivity contribution in [2.75, 3.05) is 5.32 Å². The molecule has 1 nitrogen and oxygen atoms in total. The van der Waals surface area contributed by atoms with Crippen molar-refractivity contribution in [2.45, 2.75) is 20.4 Å². The van der Waals surface area contributed by atoms with Gasteiger partial charge in [0.25, 0.3) is 0 Å². The van der Waals surface area contributed by atoms with Gasteiger partial charge in [-0.15, -0.1) is 0 Å². The lowest BCUT2D eigenvalue weighted by atomic mass is 10.1. The predicted octanol–water partition coefficient (Wildman–Crippen LogP) is 5.98. The van der Waals surface area contributed by atoms with Crippen LogP contribution in [0.5, 0.6) is 0 Å². The van der Waals surface area contributed by atoms with Crippen LogP contribution in [0.1, 0.15) is 16.7 Å². The number of nitrogens with one attached hydrogen (secondary N) is 1. The topological polar surface area (TPSA) is 12.0 Å². The van der Waals surface area contributed by atoms with E-state index in [9.17, 15) is 0 Å². The maximum atomic E-state index is 6.19. The lowest BCUT2D eigenvalue weighted by molar-refractivity contribution is 1.14. The van der Waals surface area contributed by atoms with E-state index in [1.165, 1.54) is 11.1 Å². The Bertz CT molecular complexity index is 611. The summed E-state index contributed by atoms with van der Waals surface area (Å²) in [4.78, 5) is 0. The molecule has 0 atom stereocenters. The van der Waals surface area contributed by atoms with Gasteiger partial charge in [-0.2, -0.15) is 0 Å². The Balaban J connectivity index is 2.14. The number of hydrogen-bond acceptors (Lipinski definition) is 1. The van der Waals surface area contributed by atoms with Gasteiger partial charge in [0, 0.05) is 16.0 Å². The smallest absolute Gasteiger partial charge is 0.0641 e. The summed E-state index contributed by atoms with van der Waals surface area (Å²) >= 11 is 15.8. The van der Waals surface area contributed by atoms with Crippen molar-refractivity contribution in [3.63, 3.8) is 0 Å². The third kappa shape index (κ3) is 3.65. The maximum absolute atomic E-state index is 6.19. The molecule has 4 heteroatoms. The molecule has 19 heavy (non-hydrogen) atoms. The predicted molar refractivity (Wildman–Crippen MR) is 87.4 cm³/mol. The summed E-state index contributed by atoms with van der Waals surface area (Å²) in [5.41, 5.74) is 4.25. The standard InChI is InChI=1S/C15H14BrCl2N/c1-9-3-4-11(6-12(9)16)8-19-15-7-13(17)10(2)5-14(15)18/h3-7,19H,8H2,1-2H3. The Morgan fingerprint density at radius 3 is 2.42 bits per heavy atom. The molecular weight excluding hydrogens is 345 g/mol. The van der Waals surface area contributed by atoms with Gasteiger partial charge in [0.1, 0.15) is 0 Å². The summed E-state index contributed by atoms with van der Waals surface area (Å²) in [5, 5.41) is 4.71. The van der Waals surface area contributed by atoms with Crippen molar-refractivity contribution in [3.05, 3.63) is 61.5 Å². The number of rotatable bonds is 3. The average Bonchev–Trinajstić information content (AvgIpc) is 2.36. The normalized spacial score (nSPS) is 10.6. The summed E-state index contributed by atoms with van der Waals surface area (Å²) in [7, 11) is 0. The van der Waals surface area contributed by atoms with Crippen molar-refractivity contribution < 1.29 is 0 Å². The van der Waals surface area contributed by atoms with Gasteiger partial charge in [-0.25, -0.2) is 0 Å². The molecule has 2 aromatic rings. The van der Waals surface area contributed by atoms with Crippen LogP contribution < -0.4 is 5.32 Å². The van der Waals surface area contributed by atoms with Crippen LogP contribution in [-0.4, -0.2) is 0 Å². The number of anilines is 1. The molecule has 0 amide bonds. The molecule has 0 aromatic heterocycles. The molecule has 0 saturated heterocycles. The molecule has 0 aliphatic carbocycles. The largest absolute Gasteiger partial charge is 0.380 e. The Kier molecular flexibility index (Phi) is 4.77. The fourth-order valence-electron chi connectivity index (χ4n) is 1.73. The second kappa shape index (κ2) is 6.17. The molecule has 0 fully saturated rings. The molecule has 0 spiro atoms. The minimum atomic E-state index is 0.688. The Hall–Kier alpha value is -0.700. The quantitative estimate of drug-likeness (QED) is 0.710. The van der Waals surface area contributed by atoms with E-state index < -0.39 is 0 Å². The third-order valence-corrected chi connectivity index (χ3v) is 4.54. The molecule has 0 bridgehead atoms. The highest BCUT2D eigenvalue weighted by molar-refractivity contribution is 9.10. The summed E-state index contributed by atoms with van der Waals surface area (Å²) in [6, 6.07) is 10.0. The number of halogens is 3. The SMILES string of the molecule is Cc1cc(Cl)c(NCc2ccc(C)c(Br)c2)cc1Cl. The van der Waals surface area contributed by atoms with Gasteiger partial charge in [0.2, 0.25) is 0 Å². The highest BCUT2D eigenvalue weighted by Gasteiger charge is 2.05. The molecule has 100 valence electrons. The molecule has 0 saturated carbocycles. The molecule has 0 aliphatic heterocycles. The molecule has 0 unspecified atom stereocenters. The van der Waals surface area contributed by atoms with Crippen LogP contribution in [0.15, 0.2) is 34.8 Å². The molecule has 2 aromatic carbocycles. The van der Waals surface area contributed by atoms with E-state index in [-0.39, 0.29) is 0 Å². The fourth-order valence-corrected chi connectivity index (χ4v) is 2.60. The van der Waals surface area contributed by atoms with Gasteiger partial charge in [0.05, 0.1) is 10.7 Å². The zero-order valence-corrected chi connectivity index (χ0v) is 13.8. The summed E-state index contributed by atoms with van der Waals surface area (Å²) in [6.07, 6.45) is 0. The second-order valence-electron chi connectivity index (χ2n) is 4.52. The van der Waals surface area contributed by atoms with E-state index in [0.29, 0.717) is 11.6 Å². The lowest BCUT2D eigenvalue weighted by Crippen LogP contribution is -2.00. The van der Waals surface area contributed by atoms with Crippen molar-refractivity contribution >= 4 is 44.8 Å². The first-order chi connectivity index (χ1) is 8.97. The Labute approximate surface area is 132 Å². The van der Waals surface area contributed by atoms with E-state index in [4.69, 9.17) is 23.2 Å². The van der Waals surface area contributed by atoms with Crippen LogP contribution >= 0.6 is 39.1 Å². The van der Waals surface area contributed by atoms with E-state index >= 15 is 0 Å². The van der Waals surface area contributed by atoms with Crippen LogP contribution in [0.3, 0.4) is 0 Å². The van der Waals surface area contributed by atoms with Crippen LogP contribution in [0, 0.1) is 13.8 Å². The zero-order valence-electron chi connectivity index (χ0n) is 10.7. The number of benzene rings is 2. The molecule has 0 radical (unpaired) electrons. The maximum Gasteiger partial charge on any atom is 0.0641 e. The zero-order chi connectivity index (χ0) is 14.0. The van der Waals surface area contributed by atoms with E-state index in [2.05, 4.69) is 46.4 Å². The monoisotopic (exact) mass is 357 g/mol. The van der Waals surface area contributed by atoms with Crippen LogP contribution in [-0.2, 0) is 6.54 Å². The summed E-state index contributed by atoms with van der Waals surface area (Å²) in [6.45, 7) is 4.71. The summed E-state index contributed by atoms with van der Waals surface area (Å²) in [5.74, 6) is 0. The molecular formula is C15H14BrCl2N. The minimum Gasteiger partial charge on any atom is -0.380 e.